The van der Waals surface area contributed by atoms with E-state index in [4.69, 9.17) is 19.9 Å². The Bertz CT molecular complexity index is 555. The van der Waals surface area contributed by atoms with E-state index in [0.717, 1.165) is 57.3 Å². The molecule has 0 aromatic heterocycles. The normalized spacial score (nSPS) is 19.8. The first-order valence-electron chi connectivity index (χ1n) is 8.96. The summed E-state index contributed by atoms with van der Waals surface area (Å²) in [5, 5.41) is 0. The number of rotatable bonds is 6. The van der Waals surface area contributed by atoms with Gasteiger partial charge in [0.15, 0.2) is 5.96 Å². The number of nitrogens with two attached hydrogens (primary N) is 1. The number of hydrogen-bond acceptors (Lipinski definition) is 5. The lowest BCUT2D eigenvalue weighted by molar-refractivity contribution is 0.0322. The fraction of sp³-hybridized carbons (Fsp3) is 0.611. The molecule has 7 nitrogen and oxygen atoms in total. The molecule has 2 N–H and O–H groups in total. The lowest BCUT2D eigenvalue weighted by Crippen LogP contribution is -2.44. The Labute approximate surface area is 149 Å². The molecule has 0 atom stereocenters. The number of aliphatic imine (C=N–C) groups is 1. The molecular formula is C18H28N4O3. The molecule has 2 fully saturated rings. The maximum atomic E-state index is 6.07. The first-order valence-corrected chi connectivity index (χ1v) is 8.96. The van der Waals surface area contributed by atoms with Gasteiger partial charge in [0.1, 0.15) is 12.4 Å². The van der Waals surface area contributed by atoms with Crippen LogP contribution in [0.5, 0.6) is 5.75 Å². The van der Waals surface area contributed by atoms with E-state index >= 15 is 0 Å². The largest absolute Gasteiger partial charge is 0.492 e. The molecule has 0 spiro atoms. The van der Waals surface area contributed by atoms with Gasteiger partial charge in [0.2, 0.25) is 0 Å². The van der Waals surface area contributed by atoms with Crippen molar-refractivity contribution in [3.8, 4) is 5.75 Å². The predicted molar refractivity (Wildman–Crippen MR) is 96.9 cm³/mol. The molecule has 0 amide bonds. The fourth-order valence-corrected chi connectivity index (χ4v) is 2.92. The van der Waals surface area contributed by atoms with Crippen LogP contribution in [0.2, 0.25) is 0 Å². The highest BCUT2D eigenvalue weighted by Gasteiger charge is 2.12. The molecule has 0 bridgehead atoms. The van der Waals surface area contributed by atoms with Crippen molar-refractivity contribution in [3.05, 3.63) is 29.8 Å². The third-order valence-electron chi connectivity index (χ3n) is 4.44. The highest BCUT2D eigenvalue weighted by atomic mass is 16.5. The predicted octanol–water partition coefficient (Wildman–Crippen LogP) is 0.545. The summed E-state index contributed by atoms with van der Waals surface area (Å²) in [7, 11) is 0. The SMILES string of the molecule is NC(=NCc1cccc(OCCN2CCOCC2)c1)N1CCOCC1. The van der Waals surface area contributed by atoms with Gasteiger partial charge in [-0.25, -0.2) is 4.99 Å². The van der Waals surface area contributed by atoms with E-state index < -0.39 is 0 Å². The van der Waals surface area contributed by atoms with Crippen LogP contribution in [0.3, 0.4) is 0 Å². The Balaban J connectivity index is 1.45. The summed E-state index contributed by atoms with van der Waals surface area (Å²) in [6.45, 7) is 8.81. The van der Waals surface area contributed by atoms with Crippen LogP contribution >= 0.6 is 0 Å². The van der Waals surface area contributed by atoms with E-state index in [9.17, 15) is 0 Å². The van der Waals surface area contributed by atoms with Gasteiger partial charge in [0, 0.05) is 32.7 Å². The molecule has 138 valence electrons. The first kappa shape index (κ1) is 18.0. The van der Waals surface area contributed by atoms with E-state index in [1.54, 1.807) is 0 Å². The zero-order chi connectivity index (χ0) is 17.3. The Kier molecular flexibility index (Phi) is 6.90. The van der Waals surface area contributed by atoms with Gasteiger partial charge in [-0.2, -0.15) is 0 Å². The number of benzene rings is 1. The van der Waals surface area contributed by atoms with Crippen LogP contribution in [-0.4, -0.2) is 81.5 Å². The Morgan fingerprint density at radius 3 is 2.56 bits per heavy atom. The number of hydrogen-bond donors (Lipinski definition) is 1. The molecule has 2 aliphatic heterocycles. The van der Waals surface area contributed by atoms with E-state index in [1.165, 1.54) is 0 Å². The second-order valence-electron chi connectivity index (χ2n) is 6.22. The highest BCUT2D eigenvalue weighted by Crippen LogP contribution is 2.14. The molecule has 3 rings (SSSR count). The van der Waals surface area contributed by atoms with Gasteiger partial charge in [0.05, 0.1) is 33.0 Å². The minimum Gasteiger partial charge on any atom is -0.492 e. The Hall–Kier alpha value is -1.83. The first-order chi connectivity index (χ1) is 12.3. The van der Waals surface area contributed by atoms with Crippen molar-refractivity contribution in [3.63, 3.8) is 0 Å². The van der Waals surface area contributed by atoms with Crippen molar-refractivity contribution in [2.24, 2.45) is 10.7 Å². The van der Waals surface area contributed by atoms with E-state index in [0.29, 0.717) is 32.3 Å². The van der Waals surface area contributed by atoms with Crippen molar-refractivity contribution in [1.29, 1.82) is 0 Å². The summed E-state index contributed by atoms with van der Waals surface area (Å²) in [4.78, 5) is 8.92. The van der Waals surface area contributed by atoms with Crippen molar-refractivity contribution >= 4 is 5.96 Å². The number of ether oxygens (including phenoxy) is 3. The number of nitrogens with zero attached hydrogens (tertiary/aromatic N) is 3. The summed E-state index contributed by atoms with van der Waals surface area (Å²) in [6, 6.07) is 8.07. The van der Waals surface area contributed by atoms with Gasteiger partial charge in [-0.1, -0.05) is 12.1 Å². The van der Waals surface area contributed by atoms with Crippen LogP contribution in [0.1, 0.15) is 5.56 Å². The molecule has 2 saturated heterocycles. The second kappa shape index (κ2) is 9.60. The average Bonchev–Trinajstić information content (AvgIpc) is 2.68. The van der Waals surface area contributed by atoms with E-state index in [-0.39, 0.29) is 0 Å². The topological polar surface area (TPSA) is 72.5 Å². The molecule has 0 radical (unpaired) electrons. The third kappa shape index (κ3) is 5.88. The van der Waals surface area contributed by atoms with Crippen molar-refractivity contribution < 1.29 is 14.2 Å². The van der Waals surface area contributed by atoms with Crippen LogP contribution in [0, 0.1) is 0 Å². The van der Waals surface area contributed by atoms with Gasteiger partial charge < -0.3 is 24.8 Å². The zero-order valence-electron chi connectivity index (χ0n) is 14.7. The smallest absolute Gasteiger partial charge is 0.191 e. The van der Waals surface area contributed by atoms with Crippen molar-refractivity contribution in [1.82, 2.24) is 9.80 Å². The van der Waals surface area contributed by atoms with Crippen LogP contribution in [0.4, 0.5) is 0 Å². The van der Waals surface area contributed by atoms with Gasteiger partial charge in [-0.3, -0.25) is 4.90 Å². The minimum atomic E-state index is 0.559. The summed E-state index contributed by atoms with van der Waals surface area (Å²) < 4.78 is 16.6. The number of morpholine rings is 2. The van der Waals surface area contributed by atoms with Gasteiger partial charge in [0.25, 0.3) is 0 Å². The summed E-state index contributed by atoms with van der Waals surface area (Å²) in [5.74, 6) is 1.47. The second-order valence-corrected chi connectivity index (χ2v) is 6.22. The zero-order valence-corrected chi connectivity index (χ0v) is 14.7. The Morgan fingerprint density at radius 1 is 1.08 bits per heavy atom. The standard InChI is InChI=1S/C18H28N4O3/c19-18(22-7-11-24-12-8-22)20-15-16-2-1-3-17(14-16)25-13-6-21-4-9-23-10-5-21/h1-3,14H,4-13,15H2,(H2,19,20). The Morgan fingerprint density at radius 2 is 1.80 bits per heavy atom. The van der Waals surface area contributed by atoms with Gasteiger partial charge >= 0.3 is 0 Å². The lowest BCUT2D eigenvalue weighted by Gasteiger charge is -2.27. The number of guanidine groups is 1. The molecule has 0 saturated carbocycles. The molecule has 7 heteroatoms. The van der Waals surface area contributed by atoms with Crippen LogP contribution in [0.15, 0.2) is 29.3 Å². The molecule has 1 aromatic carbocycles. The average molecular weight is 348 g/mol. The maximum Gasteiger partial charge on any atom is 0.191 e. The quantitative estimate of drug-likeness (QED) is 0.598. The molecule has 1 aromatic rings. The van der Waals surface area contributed by atoms with Gasteiger partial charge in [-0.15, -0.1) is 0 Å². The third-order valence-corrected chi connectivity index (χ3v) is 4.44. The lowest BCUT2D eigenvalue weighted by atomic mass is 10.2. The van der Waals surface area contributed by atoms with Crippen molar-refractivity contribution in [2.75, 3.05) is 65.8 Å². The van der Waals surface area contributed by atoms with E-state index in [1.807, 2.05) is 24.3 Å². The molecule has 0 unspecified atom stereocenters. The summed E-state index contributed by atoms with van der Waals surface area (Å²) in [5.41, 5.74) is 7.17. The van der Waals surface area contributed by atoms with Crippen LogP contribution in [0.25, 0.3) is 0 Å². The monoisotopic (exact) mass is 348 g/mol. The highest BCUT2D eigenvalue weighted by molar-refractivity contribution is 5.78. The molecule has 2 heterocycles. The van der Waals surface area contributed by atoms with Crippen molar-refractivity contribution in [2.45, 2.75) is 6.54 Å². The summed E-state index contributed by atoms with van der Waals surface area (Å²) in [6.07, 6.45) is 0. The molecular weight excluding hydrogens is 320 g/mol. The van der Waals surface area contributed by atoms with Crippen LogP contribution < -0.4 is 10.5 Å². The minimum absolute atomic E-state index is 0.559. The summed E-state index contributed by atoms with van der Waals surface area (Å²) >= 11 is 0. The fourth-order valence-electron chi connectivity index (χ4n) is 2.92. The molecule has 2 aliphatic rings. The van der Waals surface area contributed by atoms with Gasteiger partial charge in [-0.05, 0) is 17.7 Å². The van der Waals surface area contributed by atoms with E-state index in [2.05, 4.69) is 14.8 Å². The molecule has 25 heavy (non-hydrogen) atoms. The molecule has 0 aliphatic carbocycles. The van der Waals surface area contributed by atoms with Crippen LogP contribution in [-0.2, 0) is 16.0 Å². The maximum absolute atomic E-state index is 6.07.